The van der Waals surface area contributed by atoms with Crippen molar-refractivity contribution in [2.45, 2.75) is 42.9 Å². The van der Waals surface area contributed by atoms with E-state index in [-0.39, 0.29) is 0 Å². The van der Waals surface area contributed by atoms with E-state index < -0.39 is 0 Å². The Kier molecular flexibility index (Phi) is 4.30. The number of rotatable bonds is 3. The molecule has 2 heteroatoms. The Morgan fingerprint density at radius 2 is 2.00 bits per heavy atom. The van der Waals surface area contributed by atoms with Gasteiger partial charge in [0, 0.05) is 22.7 Å². The van der Waals surface area contributed by atoms with E-state index in [1.54, 1.807) is 0 Å². The third kappa shape index (κ3) is 3.26. The summed E-state index contributed by atoms with van der Waals surface area (Å²) < 4.78 is 0. The summed E-state index contributed by atoms with van der Waals surface area (Å²) in [6, 6.07) is 11.5. The molecule has 1 heterocycles. The van der Waals surface area contributed by atoms with E-state index in [0.29, 0.717) is 6.04 Å². The van der Waals surface area contributed by atoms with Gasteiger partial charge < -0.3 is 0 Å². The van der Waals surface area contributed by atoms with Crippen molar-refractivity contribution in [1.29, 1.82) is 0 Å². The number of hydrogen-bond donors (Lipinski definition) is 0. The predicted molar refractivity (Wildman–Crippen MR) is 72.0 cm³/mol. The Morgan fingerprint density at radius 3 is 2.69 bits per heavy atom. The van der Waals surface area contributed by atoms with Crippen molar-refractivity contribution in [1.82, 2.24) is 4.90 Å². The molecule has 1 nitrogen and oxygen atoms in total. The van der Waals surface area contributed by atoms with Gasteiger partial charge in [-0.2, -0.15) is 0 Å². The molecule has 0 N–H and O–H groups in total. The number of likely N-dealkylation sites (tertiary alicyclic amines) is 1. The molecule has 0 saturated carbocycles. The molecule has 2 rings (SSSR count). The number of nitrogens with zero attached hydrogens (tertiary/aromatic N) is 1. The second-order valence-corrected chi connectivity index (χ2v) is 6.16. The highest BCUT2D eigenvalue weighted by molar-refractivity contribution is 8.00. The highest BCUT2D eigenvalue weighted by atomic mass is 32.2. The highest BCUT2D eigenvalue weighted by Crippen LogP contribution is 2.29. The third-order valence-electron chi connectivity index (χ3n) is 3.19. The Balaban J connectivity index is 1.90. The summed E-state index contributed by atoms with van der Waals surface area (Å²) in [5.74, 6) is 0. The van der Waals surface area contributed by atoms with Crippen LogP contribution in [-0.2, 0) is 0 Å². The first-order valence-electron chi connectivity index (χ1n) is 6.21. The highest BCUT2D eigenvalue weighted by Gasteiger charge is 2.22. The topological polar surface area (TPSA) is 3.24 Å². The van der Waals surface area contributed by atoms with Gasteiger partial charge in [0.2, 0.25) is 0 Å². The van der Waals surface area contributed by atoms with E-state index in [2.05, 4.69) is 49.1 Å². The normalized spacial score (nSPS) is 22.6. The number of hydrogen-bond acceptors (Lipinski definition) is 2. The second kappa shape index (κ2) is 5.74. The lowest BCUT2D eigenvalue weighted by atomic mass is 10.1. The van der Waals surface area contributed by atoms with Crippen molar-refractivity contribution >= 4 is 11.8 Å². The lowest BCUT2D eigenvalue weighted by molar-refractivity contribution is 0.189. The summed E-state index contributed by atoms with van der Waals surface area (Å²) in [6.45, 7) is 7.13. The molecule has 1 saturated heterocycles. The van der Waals surface area contributed by atoms with Crippen LogP contribution in [0.5, 0.6) is 0 Å². The maximum atomic E-state index is 2.60. The second-order valence-electron chi connectivity index (χ2n) is 4.78. The standard InChI is InChI=1S/C14H21NS/c1-12(2)15-10-6-9-14(11-15)16-13-7-4-3-5-8-13/h3-5,7-8,12,14H,6,9-11H2,1-2H3. The van der Waals surface area contributed by atoms with E-state index in [1.807, 2.05) is 11.8 Å². The summed E-state index contributed by atoms with van der Waals surface area (Å²) in [7, 11) is 0. The Hall–Kier alpha value is -0.470. The third-order valence-corrected chi connectivity index (χ3v) is 4.45. The Bertz CT molecular complexity index is 310. The largest absolute Gasteiger partial charge is 0.300 e. The zero-order valence-electron chi connectivity index (χ0n) is 10.2. The van der Waals surface area contributed by atoms with Crippen LogP contribution in [0, 0.1) is 0 Å². The first kappa shape index (κ1) is 12.0. The van der Waals surface area contributed by atoms with Gasteiger partial charge in [0.25, 0.3) is 0 Å². The molecule has 0 aromatic heterocycles. The molecule has 0 spiro atoms. The molecular formula is C14H21NS. The number of benzene rings is 1. The van der Waals surface area contributed by atoms with Crippen molar-refractivity contribution < 1.29 is 0 Å². The van der Waals surface area contributed by atoms with Gasteiger partial charge in [-0.3, -0.25) is 4.90 Å². The van der Waals surface area contributed by atoms with Crippen molar-refractivity contribution in [2.24, 2.45) is 0 Å². The van der Waals surface area contributed by atoms with Gasteiger partial charge >= 0.3 is 0 Å². The maximum Gasteiger partial charge on any atom is 0.0222 e. The molecule has 0 bridgehead atoms. The molecule has 1 aromatic rings. The van der Waals surface area contributed by atoms with E-state index in [1.165, 1.54) is 30.8 Å². The van der Waals surface area contributed by atoms with Crippen molar-refractivity contribution in [3.05, 3.63) is 30.3 Å². The van der Waals surface area contributed by atoms with Crippen molar-refractivity contribution in [3.8, 4) is 0 Å². The van der Waals surface area contributed by atoms with Gasteiger partial charge in [-0.15, -0.1) is 11.8 Å². The fraction of sp³-hybridized carbons (Fsp3) is 0.571. The number of thioether (sulfide) groups is 1. The summed E-state index contributed by atoms with van der Waals surface area (Å²) in [4.78, 5) is 4.02. The van der Waals surface area contributed by atoms with Gasteiger partial charge in [0.05, 0.1) is 0 Å². The van der Waals surface area contributed by atoms with Gasteiger partial charge in [-0.1, -0.05) is 18.2 Å². The van der Waals surface area contributed by atoms with Crippen molar-refractivity contribution in [2.75, 3.05) is 13.1 Å². The molecule has 1 unspecified atom stereocenters. The zero-order chi connectivity index (χ0) is 11.4. The predicted octanol–water partition coefficient (Wildman–Crippen LogP) is 3.65. The molecule has 16 heavy (non-hydrogen) atoms. The fourth-order valence-electron chi connectivity index (χ4n) is 2.22. The van der Waals surface area contributed by atoms with E-state index in [4.69, 9.17) is 0 Å². The molecule has 0 radical (unpaired) electrons. The van der Waals surface area contributed by atoms with Crippen LogP contribution in [0.1, 0.15) is 26.7 Å². The van der Waals surface area contributed by atoms with Crippen LogP contribution in [0.3, 0.4) is 0 Å². The lowest BCUT2D eigenvalue weighted by Gasteiger charge is -2.35. The van der Waals surface area contributed by atoms with E-state index in [9.17, 15) is 0 Å². The molecule has 1 atom stereocenters. The molecule has 1 aliphatic rings. The minimum absolute atomic E-state index is 0.694. The summed E-state index contributed by atoms with van der Waals surface area (Å²) in [5, 5.41) is 0.776. The summed E-state index contributed by atoms with van der Waals surface area (Å²) >= 11 is 2.04. The first-order valence-corrected chi connectivity index (χ1v) is 7.09. The first-order chi connectivity index (χ1) is 7.75. The van der Waals surface area contributed by atoms with Crippen LogP contribution in [0.2, 0.25) is 0 Å². The summed E-state index contributed by atoms with van der Waals surface area (Å²) in [5.41, 5.74) is 0. The van der Waals surface area contributed by atoms with Gasteiger partial charge in [0.1, 0.15) is 0 Å². The van der Waals surface area contributed by atoms with Crippen LogP contribution < -0.4 is 0 Å². The molecule has 1 aliphatic heterocycles. The monoisotopic (exact) mass is 235 g/mol. The van der Waals surface area contributed by atoms with Crippen LogP contribution in [0.4, 0.5) is 0 Å². The maximum absolute atomic E-state index is 2.60. The smallest absolute Gasteiger partial charge is 0.0222 e. The zero-order valence-corrected chi connectivity index (χ0v) is 11.0. The van der Waals surface area contributed by atoms with Crippen molar-refractivity contribution in [3.63, 3.8) is 0 Å². The Labute approximate surface area is 103 Å². The van der Waals surface area contributed by atoms with Gasteiger partial charge in [-0.25, -0.2) is 0 Å². The average Bonchev–Trinajstić information content (AvgIpc) is 2.30. The minimum Gasteiger partial charge on any atom is -0.300 e. The fourth-order valence-corrected chi connectivity index (χ4v) is 3.47. The van der Waals surface area contributed by atoms with E-state index in [0.717, 1.165) is 5.25 Å². The summed E-state index contributed by atoms with van der Waals surface area (Å²) in [6.07, 6.45) is 2.71. The molecule has 0 aliphatic carbocycles. The molecule has 1 aromatic carbocycles. The lowest BCUT2D eigenvalue weighted by Crippen LogP contribution is -2.41. The van der Waals surface area contributed by atoms with Crippen LogP contribution >= 0.6 is 11.8 Å². The molecular weight excluding hydrogens is 214 g/mol. The number of piperidine rings is 1. The quantitative estimate of drug-likeness (QED) is 0.786. The van der Waals surface area contributed by atoms with Crippen LogP contribution in [0.25, 0.3) is 0 Å². The van der Waals surface area contributed by atoms with E-state index >= 15 is 0 Å². The minimum atomic E-state index is 0.694. The SMILES string of the molecule is CC(C)N1CCCC(Sc2ccccc2)C1. The molecule has 0 amide bonds. The molecule has 88 valence electrons. The molecule has 1 fully saturated rings. The Morgan fingerprint density at radius 1 is 1.25 bits per heavy atom. The van der Waals surface area contributed by atoms with Gasteiger partial charge in [-0.05, 0) is 45.4 Å². The van der Waals surface area contributed by atoms with Gasteiger partial charge in [0.15, 0.2) is 0 Å². The van der Waals surface area contributed by atoms with Crippen LogP contribution in [0.15, 0.2) is 35.2 Å². The average molecular weight is 235 g/mol. The van der Waals surface area contributed by atoms with Crippen LogP contribution in [-0.4, -0.2) is 29.3 Å².